The lowest BCUT2D eigenvalue weighted by atomic mass is 10.1. The van der Waals surface area contributed by atoms with Crippen molar-refractivity contribution in [1.82, 2.24) is 5.32 Å². The van der Waals surface area contributed by atoms with Gasteiger partial charge in [-0.25, -0.2) is 4.79 Å². The summed E-state index contributed by atoms with van der Waals surface area (Å²) in [6.07, 6.45) is 0. The van der Waals surface area contributed by atoms with Gasteiger partial charge in [0.15, 0.2) is 0 Å². The number of urea groups is 1. The highest BCUT2D eigenvalue weighted by Crippen LogP contribution is 2.25. The largest absolute Gasteiger partial charge is 0.497 e. The summed E-state index contributed by atoms with van der Waals surface area (Å²) in [5.41, 5.74) is 1.36. The zero-order chi connectivity index (χ0) is 19.1. The zero-order valence-corrected chi connectivity index (χ0v) is 15.3. The van der Waals surface area contributed by atoms with E-state index in [0.29, 0.717) is 28.4 Å². The SMILES string of the molecule is COc1cc(OC)cc(C(=O)Nc2ccccc2NC(=O)NC(C)C)c1. The Hall–Kier alpha value is -3.22. The Morgan fingerprint density at radius 3 is 1.92 bits per heavy atom. The van der Waals surface area contributed by atoms with Crippen LogP contribution in [0.1, 0.15) is 24.2 Å². The van der Waals surface area contributed by atoms with E-state index in [2.05, 4.69) is 16.0 Å². The van der Waals surface area contributed by atoms with Gasteiger partial charge in [0.1, 0.15) is 11.5 Å². The molecule has 0 saturated carbocycles. The van der Waals surface area contributed by atoms with Crippen LogP contribution in [0.4, 0.5) is 16.2 Å². The fourth-order valence-corrected chi connectivity index (χ4v) is 2.25. The second kappa shape index (κ2) is 8.75. The van der Waals surface area contributed by atoms with Crippen molar-refractivity contribution >= 4 is 23.3 Å². The lowest BCUT2D eigenvalue weighted by Crippen LogP contribution is -2.34. The summed E-state index contributed by atoms with van der Waals surface area (Å²) < 4.78 is 10.4. The zero-order valence-electron chi connectivity index (χ0n) is 15.3. The molecular formula is C19H23N3O4. The highest BCUT2D eigenvalue weighted by atomic mass is 16.5. The number of carbonyl (C=O) groups excluding carboxylic acids is 2. The van der Waals surface area contributed by atoms with E-state index < -0.39 is 0 Å². The summed E-state index contributed by atoms with van der Waals surface area (Å²) in [5.74, 6) is 0.676. The molecule has 7 nitrogen and oxygen atoms in total. The molecule has 0 aromatic heterocycles. The Morgan fingerprint density at radius 1 is 0.885 bits per heavy atom. The van der Waals surface area contributed by atoms with Gasteiger partial charge in [-0.1, -0.05) is 12.1 Å². The Labute approximate surface area is 152 Å². The van der Waals surface area contributed by atoms with E-state index in [1.54, 1.807) is 42.5 Å². The molecule has 0 aliphatic rings. The van der Waals surface area contributed by atoms with Gasteiger partial charge in [-0.05, 0) is 38.1 Å². The van der Waals surface area contributed by atoms with Gasteiger partial charge < -0.3 is 25.4 Å². The summed E-state index contributed by atoms with van der Waals surface area (Å²) in [6, 6.07) is 11.5. The number of ether oxygens (including phenoxy) is 2. The number of para-hydroxylation sites is 2. The van der Waals surface area contributed by atoms with E-state index in [4.69, 9.17) is 9.47 Å². The molecular weight excluding hydrogens is 334 g/mol. The van der Waals surface area contributed by atoms with E-state index in [9.17, 15) is 9.59 Å². The topological polar surface area (TPSA) is 88.7 Å². The highest BCUT2D eigenvalue weighted by Gasteiger charge is 2.13. The number of hydrogen-bond acceptors (Lipinski definition) is 4. The third-order valence-corrected chi connectivity index (χ3v) is 3.46. The van der Waals surface area contributed by atoms with Crippen LogP contribution >= 0.6 is 0 Å². The van der Waals surface area contributed by atoms with Crippen LogP contribution in [-0.4, -0.2) is 32.2 Å². The van der Waals surface area contributed by atoms with Gasteiger partial charge in [0.25, 0.3) is 5.91 Å². The molecule has 0 heterocycles. The van der Waals surface area contributed by atoms with Gasteiger partial charge in [0.2, 0.25) is 0 Å². The Morgan fingerprint density at radius 2 is 1.42 bits per heavy atom. The molecule has 0 aliphatic carbocycles. The van der Waals surface area contributed by atoms with Crippen molar-refractivity contribution in [3.05, 3.63) is 48.0 Å². The second-order valence-corrected chi connectivity index (χ2v) is 5.85. The smallest absolute Gasteiger partial charge is 0.319 e. The Kier molecular flexibility index (Phi) is 6.43. The molecule has 7 heteroatoms. The first-order valence-corrected chi connectivity index (χ1v) is 8.14. The molecule has 3 amide bonds. The van der Waals surface area contributed by atoms with Crippen molar-refractivity contribution in [1.29, 1.82) is 0 Å². The van der Waals surface area contributed by atoms with Crippen LogP contribution in [0, 0.1) is 0 Å². The van der Waals surface area contributed by atoms with Crippen LogP contribution in [0.2, 0.25) is 0 Å². The Balaban J connectivity index is 2.20. The van der Waals surface area contributed by atoms with Crippen molar-refractivity contribution in [2.45, 2.75) is 19.9 Å². The molecule has 0 radical (unpaired) electrons. The third-order valence-electron chi connectivity index (χ3n) is 3.46. The van der Waals surface area contributed by atoms with Crippen LogP contribution in [0.3, 0.4) is 0 Å². The van der Waals surface area contributed by atoms with E-state index in [1.165, 1.54) is 14.2 Å². The summed E-state index contributed by atoms with van der Waals surface area (Å²) in [7, 11) is 3.03. The van der Waals surface area contributed by atoms with Crippen molar-refractivity contribution in [3.63, 3.8) is 0 Å². The average Bonchev–Trinajstić information content (AvgIpc) is 2.62. The fraction of sp³-hybridized carbons (Fsp3) is 0.263. The summed E-state index contributed by atoms with van der Waals surface area (Å²) in [5, 5.41) is 8.26. The molecule has 0 bridgehead atoms. The monoisotopic (exact) mass is 357 g/mol. The maximum Gasteiger partial charge on any atom is 0.319 e. The molecule has 0 atom stereocenters. The van der Waals surface area contributed by atoms with Crippen LogP contribution in [-0.2, 0) is 0 Å². The van der Waals surface area contributed by atoms with Crippen molar-refractivity contribution in [2.24, 2.45) is 0 Å². The number of amides is 3. The Bertz CT molecular complexity index is 768. The number of methoxy groups -OCH3 is 2. The highest BCUT2D eigenvalue weighted by molar-refractivity contribution is 6.07. The van der Waals surface area contributed by atoms with Gasteiger partial charge >= 0.3 is 6.03 Å². The normalized spacial score (nSPS) is 10.2. The first kappa shape index (κ1) is 19.1. The van der Waals surface area contributed by atoms with Gasteiger partial charge in [-0.3, -0.25) is 4.79 Å². The number of nitrogens with one attached hydrogen (secondary N) is 3. The van der Waals surface area contributed by atoms with E-state index in [1.807, 2.05) is 13.8 Å². The molecule has 2 rings (SSSR count). The molecule has 2 aromatic rings. The number of carbonyl (C=O) groups is 2. The number of anilines is 2. The lowest BCUT2D eigenvalue weighted by Gasteiger charge is -2.14. The lowest BCUT2D eigenvalue weighted by molar-refractivity contribution is 0.102. The minimum Gasteiger partial charge on any atom is -0.497 e. The quantitative estimate of drug-likeness (QED) is 0.738. The summed E-state index contributed by atoms with van der Waals surface area (Å²) in [4.78, 5) is 24.5. The maximum atomic E-state index is 12.6. The number of benzene rings is 2. The molecule has 2 aromatic carbocycles. The molecule has 0 saturated heterocycles. The van der Waals surface area contributed by atoms with Gasteiger partial charge in [0, 0.05) is 17.7 Å². The molecule has 0 aliphatic heterocycles. The molecule has 3 N–H and O–H groups in total. The van der Waals surface area contributed by atoms with E-state index in [-0.39, 0.29) is 18.0 Å². The minimum atomic E-state index is -0.347. The summed E-state index contributed by atoms with van der Waals surface area (Å²) in [6.45, 7) is 3.73. The van der Waals surface area contributed by atoms with Crippen LogP contribution in [0.5, 0.6) is 11.5 Å². The van der Waals surface area contributed by atoms with Gasteiger partial charge in [-0.2, -0.15) is 0 Å². The average molecular weight is 357 g/mol. The van der Waals surface area contributed by atoms with Crippen molar-refractivity contribution < 1.29 is 19.1 Å². The number of rotatable bonds is 6. The predicted octanol–water partition coefficient (Wildman–Crippen LogP) is 3.49. The summed E-state index contributed by atoms with van der Waals surface area (Å²) >= 11 is 0. The van der Waals surface area contributed by atoms with Gasteiger partial charge in [0.05, 0.1) is 25.6 Å². The minimum absolute atomic E-state index is 0.000928. The van der Waals surface area contributed by atoms with Crippen LogP contribution in [0.25, 0.3) is 0 Å². The third kappa shape index (κ3) is 5.14. The maximum absolute atomic E-state index is 12.6. The van der Waals surface area contributed by atoms with Crippen LogP contribution in [0.15, 0.2) is 42.5 Å². The van der Waals surface area contributed by atoms with Crippen LogP contribution < -0.4 is 25.4 Å². The number of hydrogen-bond donors (Lipinski definition) is 3. The molecule has 138 valence electrons. The first-order chi connectivity index (χ1) is 12.4. The standard InChI is InChI=1S/C19H23N3O4/c1-12(2)20-19(24)22-17-8-6-5-7-16(17)21-18(23)13-9-14(25-3)11-15(10-13)26-4/h5-12H,1-4H3,(H,21,23)(H2,20,22,24). The first-order valence-electron chi connectivity index (χ1n) is 8.14. The molecule has 0 unspecified atom stereocenters. The van der Waals surface area contributed by atoms with Crippen molar-refractivity contribution in [2.75, 3.05) is 24.9 Å². The van der Waals surface area contributed by atoms with E-state index >= 15 is 0 Å². The predicted molar refractivity (Wildman–Crippen MR) is 101 cm³/mol. The fourth-order valence-electron chi connectivity index (χ4n) is 2.25. The molecule has 0 fully saturated rings. The van der Waals surface area contributed by atoms with Gasteiger partial charge in [-0.15, -0.1) is 0 Å². The molecule has 0 spiro atoms. The van der Waals surface area contributed by atoms with Crippen molar-refractivity contribution in [3.8, 4) is 11.5 Å². The van der Waals surface area contributed by atoms with E-state index in [0.717, 1.165) is 0 Å². The second-order valence-electron chi connectivity index (χ2n) is 5.85. The molecule has 26 heavy (non-hydrogen) atoms.